The average Bonchev–Trinajstić information content (AvgIpc) is 3.16. The summed E-state index contributed by atoms with van der Waals surface area (Å²) in [5, 5.41) is 29.3. The van der Waals surface area contributed by atoms with Crippen LogP contribution in [0, 0.1) is 27.2 Å². The molecular formula is C18H14ClN5O6. The SMILES string of the molecule is Cc1c([N+](=O)[O-])cc(NC(=O)c2ccn(COc3cccc(Cl)c3)n2)cc1[N+](=O)[O-]. The summed E-state index contributed by atoms with van der Waals surface area (Å²) in [6, 6.07) is 10.3. The van der Waals surface area contributed by atoms with Gasteiger partial charge in [0.25, 0.3) is 17.3 Å². The van der Waals surface area contributed by atoms with E-state index in [4.69, 9.17) is 16.3 Å². The molecule has 0 saturated heterocycles. The van der Waals surface area contributed by atoms with Gasteiger partial charge in [-0.3, -0.25) is 25.0 Å². The molecule has 0 bridgehead atoms. The molecule has 3 rings (SSSR count). The van der Waals surface area contributed by atoms with Crippen molar-refractivity contribution in [1.29, 1.82) is 0 Å². The summed E-state index contributed by atoms with van der Waals surface area (Å²) in [6.07, 6.45) is 1.50. The molecule has 30 heavy (non-hydrogen) atoms. The minimum atomic E-state index is -0.750. The van der Waals surface area contributed by atoms with Crippen LogP contribution in [0.3, 0.4) is 0 Å². The van der Waals surface area contributed by atoms with Gasteiger partial charge in [0.1, 0.15) is 11.3 Å². The molecule has 0 aliphatic carbocycles. The van der Waals surface area contributed by atoms with Gasteiger partial charge in [0.15, 0.2) is 12.4 Å². The van der Waals surface area contributed by atoms with E-state index in [1.165, 1.54) is 23.9 Å². The Morgan fingerprint density at radius 3 is 2.43 bits per heavy atom. The van der Waals surface area contributed by atoms with Crippen molar-refractivity contribution in [2.24, 2.45) is 0 Å². The largest absolute Gasteiger partial charge is 0.471 e. The third-order valence-electron chi connectivity index (χ3n) is 4.04. The number of hydrogen-bond acceptors (Lipinski definition) is 7. The molecule has 0 fully saturated rings. The molecule has 1 N–H and O–H groups in total. The van der Waals surface area contributed by atoms with Gasteiger partial charge < -0.3 is 10.1 Å². The lowest BCUT2D eigenvalue weighted by molar-refractivity contribution is -0.395. The fourth-order valence-electron chi connectivity index (χ4n) is 2.58. The quantitative estimate of drug-likeness (QED) is 0.440. The van der Waals surface area contributed by atoms with Crippen LogP contribution < -0.4 is 10.1 Å². The second-order valence-electron chi connectivity index (χ2n) is 6.08. The van der Waals surface area contributed by atoms with Crippen molar-refractivity contribution in [2.45, 2.75) is 13.7 Å². The van der Waals surface area contributed by atoms with Crippen LogP contribution in [0.1, 0.15) is 16.1 Å². The maximum atomic E-state index is 12.4. The molecule has 1 aromatic heterocycles. The third-order valence-corrected chi connectivity index (χ3v) is 4.27. The molecule has 3 aromatic rings. The zero-order valence-electron chi connectivity index (χ0n) is 15.4. The molecule has 11 nitrogen and oxygen atoms in total. The van der Waals surface area contributed by atoms with Crippen molar-refractivity contribution in [3.8, 4) is 5.75 Å². The number of carbonyl (C=O) groups excluding carboxylic acids is 1. The summed E-state index contributed by atoms with van der Waals surface area (Å²) in [5.41, 5.74) is -1.14. The van der Waals surface area contributed by atoms with Gasteiger partial charge in [0, 0.05) is 23.4 Å². The number of aromatic nitrogens is 2. The van der Waals surface area contributed by atoms with Gasteiger partial charge in [-0.1, -0.05) is 17.7 Å². The second-order valence-corrected chi connectivity index (χ2v) is 6.52. The van der Waals surface area contributed by atoms with Crippen molar-refractivity contribution < 1.29 is 19.4 Å². The number of nitrogens with zero attached hydrogens (tertiary/aromatic N) is 4. The molecule has 2 aromatic carbocycles. The van der Waals surface area contributed by atoms with E-state index in [0.717, 1.165) is 12.1 Å². The fourth-order valence-corrected chi connectivity index (χ4v) is 2.76. The molecule has 0 saturated carbocycles. The van der Waals surface area contributed by atoms with Crippen molar-refractivity contribution in [1.82, 2.24) is 9.78 Å². The van der Waals surface area contributed by atoms with E-state index in [9.17, 15) is 25.0 Å². The average molecular weight is 432 g/mol. The highest BCUT2D eigenvalue weighted by Crippen LogP contribution is 2.31. The third kappa shape index (κ3) is 4.70. The zero-order chi connectivity index (χ0) is 21.8. The van der Waals surface area contributed by atoms with Crippen LogP contribution in [-0.2, 0) is 6.73 Å². The van der Waals surface area contributed by atoms with E-state index in [1.54, 1.807) is 24.3 Å². The lowest BCUT2D eigenvalue weighted by Gasteiger charge is -2.07. The van der Waals surface area contributed by atoms with Gasteiger partial charge >= 0.3 is 0 Å². The predicted octanol–water partition coefficient (Wildman–Crippen LogP) is 3.95. The molecule has 0 aliphatic heterocycles. The maximum absolute atomic E-state index is 12.4. The lowest BCUT2D eigenvalue weighted by Crippen LogP contribution is -2.15. The van der Waals surface area contributed by atoms with E-state index in [0.29, 0.717) is 10.8 Å². The molecule has 12 heteroatoms. The first kappa shape index (κ1) is 20.7. The number of nitrogens with one attached hydrogen (secondary N) is 1. The number of rotatable bonds is 7. The molecular weight excluding hydrogens is 418 g/mol. The maximum Gasteiger partial charge on any atom is 0.281 e. The number of anilines is 1. The smallest absolute Gasteiger partial charge is 0.281 e. The molecule has 0 aliphatic rings. The summed E-state index contributed by atoms with van der Waals surface area (Å²) in [7, 11) is 0. The van der Waals surface area contributed by atoms with E-state index < -0.39 is 27.1 Å². The van der Waals surface area contributed by atoms with Crippen LogP contribution >= 0.6 is 11.6 Å². The molecule has 0 spiro atoms. The van der Waals surface area contributed by atoms with Crippen LogP contribution in [-0.4, -0.2) is 25.5 Å². The number of benzene rings is 2. The number of amides is 1. The van der Waals surface area contributed by atoms with Gasteiger partial charge in [-0.05, 0) is 31.2 Å². The van der Waals surface area contributed by atoms with Crippen LogP contribution in [0.15, 0.2) is 48.7 Å². The lowest BCUT2D eigenvalue weighted by atomic mass is 10.1. The molecule has 0 radical (unpaired) electrons. The first-order valence-corrected chi connectivity index (χ1v) is 8.79. The molecule has 1 heterocycles. The highest BCUT2D eigenvalue weighted by Gasteiger charge is 2.24. The summed E-state index contributed by atoms with van der Waals surface area (Å²) in [5.74, 6) is -0.174. The number of nitro groups is 2. The Morgan fingerprint density at radius 2 is 1.83 bits per heavy atom. The van der Waals surface area contributed by atoms with Crippen LogP contribution in [0.25, 0.3) is 0 Å². The number of hydrogen-bond donors (Lipinski definition) is 1. The highest BCUT2D eigenvalue weighted by atomic mass is 35.5. The van der Waals surface area contributed by atoms with Crippen LogP contribution in [0.4, 0.5) is 17.1 Å². The molecule has 1 amide bonds. The van der Waals surface area contributed by atoms with Gasteiger partial charge in [-0.15, -0.1) is 0 Å². The highest BCUT2D eigenvalue weighted by molar-refractivity contribution is 6.30. The number of nitro benzene ring substituents is 2. The monoisotopic (exact) mass is 431 g/mol. The van der Waals surface area contributed by atoms with Gasteiger partial charge in [0.05, 0.1) is 15.5 Å². The Kier molecular flexibility index (Phi) is 5.93. The van der Waals surface area contributed by atoms with E-state index in [-0.39, 0.29) is 23.7 Å². The summed E-state index contributed by atoms with van der Waals surface area (Å²) in [6.45, 7) is 1.28. The first-order chi connectivity index (χ1) is 14.2. The van der Waals surface area contributed by atoms with E-state index >= 15 is 0 Å². The zero-order valence-corrected chi connectivity index (χ0v) is 16.2. The number of carbonyl (C=O) groups is 1. The summed E-state index contributed by atoms with van der Waals surface area (Å²) < 4.78 is 6.87. The molecule has 0 atom stereocenters. The van der Waals surface area contributed by atoms with E-state index in [2.05, 4.69) is 10.4 Å². The summed E-state index contributed by atoms with van der Waals surface area (Å²) >= 11 is 5.88. The topological polar surface area (TPSA) is 142 Å². The second kappa shape index (κ2) is 8.57. The van der Waals surface area contributed by atoms with Gasteiger partial charge in [-0.2, -0.15) is 5.10 Å². The number of ether oxygens (including phenoxy) is 1. The standard InChI is InChI=1S/C18H14ClN5O6/c1-11-16(23(26)27)8-13(9-17(11)24(28)29)20-18(25)15-5-6-22(21-15)10-30-14-4-2-3-12(19)7-14/h2-9H,10H2,1H3,(H,20,25). The Labute approximate surface area is 174 Å². The van der Waals surface area contributed by atoms with Gasteiger partial charge in [-0.25, -0.2) is 4.68 Å². The van der Waals surface area contributed by atoms with Crippen molar-refractivity contribution in [2.75, 3.05) is 5.32 Å². The van der Waals surface area contributed by atoms with Crippen molar-refractivity contribution in [3.05, 3.63) is 85.2 Å². The number of halogens is 1. The molecule has 0 unspecified atom stereocenters. The van der Waals surface area contributed by atoms with Gasteiger partial charge in [0.2, 0.25) is 0 Å². The van der Waals surface area contributed by atoms with E-state index in [1.807, 2.05) is 0 Å². The van der Waals surface area contributed by atoms with Crippen LogP contribution in [0.5, 0.6) is 5.75 Å². The van der Waals surface area contributed by atoms with Crippen LogP contribution in [0.2, 0.25) is 5.02 Å². The molecule has 154 valence electrons. The van der Waals surface area contributed by atoms with Crippen molar-refractivity contribution in [3.63, 3.8) is 0 Å². The van der Waals surface area contributed by atoms with Crippen molar-refractivity contribution >= 4 is 34.6 Å². The normalized spacial score (nSPS) is 10.5. The Bertz CT molecular complexity index is 1110. The fraction of sp³-hybridized carbons (Fsp3) is 0.111. The predicted molar refractivity (Wildman–Crippen MR) is 107 cm³/mol. The Balaban J connectivity index is 1.74. The summed E-state index contributed by atoms with van der Waals surface area (Å²) in [4.78, 5) is 33.2. The Morgan fingerprint density at radius 1 is 1.17 bits per heavy atom. The Hall–Kier alpha value is -3.99. The minimum absolute atomic E-state index is 0.00410. The first-order valence-electron chi connectivity index (χ1n) is 8.41. The minimum Gasteiger partial charge on any atom is -0.471 e.